The van der Waals surface area contributed by atoms with Gasteiger partial charge in [-0.2, -0.15) is 0 Å². The van der Waals surface area contributed by atoms with E-state index in [0.717, 1.165) is 18.4 Å². The molecule has 2 saturated carbocycles. The van der Waals surface area contributed by atoms with E-state index in [-0.39, 0.29) is 0 Å². The summed E-state index contributed by atoms with van der Waals surface area (Å²) in [6.45, 7) is 6.72. The summed E-state index contributed by atoms with van der Waals surface area (Å²) in [4.78, 5) is 4.68. The van der Waals surface area contributed by atoms with E-state index in [9.17, 15) is 0 Å². The molecule has 2 aliphatic rings. The third-order valence-electron chi connectivity index (χ3n) is 4.61. The Morgan fingerprint density at radius 2 is 2.22 bits per heavy atom. The maximum absolute atomic E-state index is 4.68. The fourth-order valence-electron chi connectivity index (χ4n) is 3.76. The maximum Gasteiger partial charge on any atom is 0.0897 e. The second-order valence-electron chi connectivity index (χ2n) is 6.38. The van der Waals surface area contributed by atoms with Crippen molar-refractivity contribution in [3.05, 3.63) is 16.1 Å². The number of rotatable bonds is 6. The number of thiazole rings is 1. The van der Waals surface area contributed by atoms with Gasteiger partial charge in [-0.1, -0.05) is 6.92 Å². The number of nitrogens with zero attached hydrogens (tertiary/aromatic N) is 1. The topological polar surface area (TPSA) is 24.9 Å². The molecule has 0 bridgehead atoms. The SMILES string of the molecule is CCCNCC1(Cc2csc(C)n2)CC2CC2C1. The van der Waals surface area contributed by atoms with Crippen molar-refractivity contribution in [3.63, 3.8) is 0 Å². The van der Waals surface area contributed by atoms with Gasteiger partial charge >= 0.3 is 0 Å². The predicted octanol–water partition coefficient (Wildman–Crippen LogP) is 3.41. The molecule has 0 amide bonds. The molecule has 0 aromatic carbocycles. The smallest absolute Gasteiger partial charge is 0.0897 e. The van der Waals surface area contributed by atoms with Gasteiger partial charge in [-0.05, 0) is 62.8 Å². The Hall–Kier alpha value is -0.410. The molecule has 1 aromatic heterocycles. The van der Waals surface area contributed by atoms with Crippen LogP contribution in [0.15, 0.2) is 5.38 Å². The zero-order valence-corrected chi connectivity index (χ0v) is 12.4. The van der Waals surface area contributed by atoms with E-state index in [2.05, 4.69) is 29.5 Å². The van der Waals surface area contributed by atoms with Crippen molar-refractivity contribution in [1.29, 1.82) is 0 Å². The van der Waals surface area contributed by atoms with Gasteiger partial charge in [0.05, 0.1) is 10.7 Å². The lowest BCUT2D eigenvalue weighted by atomic mass is 9.78. The van der Waals surface area contributed by atoms with Gasteiger partial charge in [0, 0.05) is 11.9 Å². The van der Waals surface area contributed by atoms with Crippen LogP contribution in [0.4, 0.5) is 0 Å². The summed E-state index contributed by atoms with van der Waals surface area (Å²) < 4.78 is 0. The normalized spacial score (nSPS) is 33.7. The number of nitrogens with one attached hydrogen (secondary N) is 1. The molecule has 0 saturated heterocycles. The van der Waals surface area contributed by atoms with Gasteiger partial charge in [0.2, 0.25) is 0 Å². The summed E-state index contributed by atoms with van der Waals surface area (Å²) in [6.07, 6.45) is 6.81. The third-order valence-corrected chi connectivity index (χ3v) is 5.43. The highest BCUT2D eigenvalue weighted by molar-refractivity contribution is 7.09. The fourth-order valence-corrected chi connectivity index (χ4v) is 4.37. The molecule has 3 rings (SSSR count). The first kappa shape index (κ1) is 12.6. The first-order chi connectivity index (χ1) is 8.71. The first-order valence-corrected chi connectivity index (χ1v) is 8.20. The van der Waals surface area contributed by atoms with Gasteiger partial charge in [0.1, 0.15) is 0 Å². The Labute approximate surface area is 114 Å². The molecule has 2 aliphatic carbocycles. The Morgan fingerprint density at radius 3 is 2.83 bits per heavy atom. The molecule has 1 heterocycles. The summed E-state index contributed by atoms with van der Waals surface area (Å²) in [5.74, 6) is 2.10. The minimum absolute atomic E-state index is 0.517. The molecule has 2 nitrogen and oxygen atoms in total. The van der Waals surface area contributed by atoms with Crippen LogP contribution >= 0.6 is 11.3 Å². The second kappa shape index (κ2) is 4.93. The van der Waals surface area contributed by atoms with E-state index >= 15 is 0 Å². The summed E-state index contributed by atoms with van der Waals surface area (Å²) in [5, 5.41) is 7.14. The zero-order valence-electron chi connectivity index (χ0n) is 11.5. The lowest BCUT2D eigenvalue weighted by Gasteiger charge is -2.30. The Morgan fingerprint density at radius 1 is 1.44 bits per heavy atom. The van der Waals surface area contributed by atoms with Gasteiger partial charge in [0.15, 0.2) is 0 Å². The molecule has 3 heteroatoms. The molecule has 100 valence electrons. The van der Waals surface area contributed by atoms with Crippen molar-refractivity contribution in [2.45, 2.75) is 46.0 Å². The van der Waals surface area contributed by atoms with Crippen LogP contribution in [0.25, 0.3) is 0 Å². The highest BCUT2D eigenvalue weighted by Gasteiger charge is 2.53. The highest BCUT2D eigenvalue weighted by atomic mass is 32.1. The van der Waals surface area contributed by atoms with Crippen molar-refractivity contribution >= 4 is 11.3 Å². The molecule has 2 unspecified atom stereocenters. The van der Waals surface area contributed by atoms with Crippen molar-refractivity contribution in [3.8, 4) is 0 Å². The third kappa shape index (κ3) is 2.62. The summed E-state index contributed by atoms with van der Waals surface area (Å²) in [5.41, 5.74) is 1.85. The number of hydrogen-bond donors (Lipinski definition) is 1. The van der Waals surface area contributed by atoms with Crippen LogP contribution in [0.5, 0.6) is 0 Å². The van der Waals surface area contributed by atoms with E-state index in [1.54, 1.807) is 11.3 Å². The Balaban J connectivity index is 1.65. The van der Waals surface area contributed by atoms with Gasteiger partial charge < -0.3 is 5.32 Å². The molecular formula is C15H24N2S. The number of hydrogen-bond acceptors (Lipinski definition) is 3. The quantitative estimate of drug-likeness (QED) is 0.797. The first-order valence-electron chi connectivity index (χ1n) is 7.32. The summed E-state index contributed by atoms with van der Waals surface area (Å²) in [7, 11) is 0. The van der Waals surface area contributed by atoms with E-state index < -0.39 is 0 Å². The van der Waals surface area contributed by atoms with E-state index in [4.69, 9.17) is 0 Å². The van der Waals surface area contributed by atoms with Crippen LogP contribution in [0, 0.1) is 24.2 Å². The van der Waals surface area contributed by atoms with Crippen molar-refractivity contribution in [1.82, 2.24) is 10.3 Å². The Kier molecular flexibility index (Phi) is 3.46. The monoisotopic (exact) mass is 264 g/mol. The average Bonchev–Trinajstić information content (AvgIpc) is 2.76. The lowest BCUT2D eigenvalue weighted by Crippen LogP contribution is -2.35. The number of aromatic nitrogens is 1. The van der Waals surface area contributed by atoms with Crippen LogP contribution in [0.2, 0.25) is 0 Å². The fraction of sp³-hybridized carbons (Fsp3) is 0.800. The lowest BCUT2D eigenvalue weighted by molar-refractivity contribution is 0.247. The molecule has 2 atom stereocenters. The van der Waals surface area contributed by atoms with E-state index in [0.29, 0.717) is 5.41 Å². The standard InChI is InChI=1S/C15H24N2S/c1-3-4-16-10-15(6-12-5-13(12)7-15)8-14-9-18-11(2)17-14/h9,12-13,16H,3-8,10H2,1-2H3. The van der Waals surface area contributed by atoms with Gasteiger partial charge in [-0.15, -0.1) is 11.3 Å². The summed E-state index contributed by atoms with van der Waals surface area (Å²) >= 11 is 1.80. The molecule has 0 aliphatic heterocycles. The van der Waals surface area contributed by atoms with E-state index in [1.807, 2.05) is 0 Å². The van der Waals surface area contributed by atoms with Crippen LogP contribution in [0.3, 0.4) is 0 Å². The molecule has 2 fully saturated rings. The van der Waals surface area contributed by atoms with Crippen molar-refractivity contribution in [2.24, 2.45) is 17.3 Å². The molecule has 0 radical (unpaired) electrons. The molecule has 1 N–H and O–H groups in total. The average molecular weight is 264 g/mol. The number of fused-ring (bicyclic) bond motifs is 1. The van der Waals surface area contributed by atoms with Gasteiger partial charge in [-0.3, -0.25) is 0 Å². The Bertz CT molecular complexity index is 402. The number of aryl methyl sites for hydroxylation is 1. The van der Waals surface area contributed by atoms with E-state index in [1.165, 1.54) is 49.4 Å². The minimum Gasteiger partial charge on any atom is -0.316 e. The van der Waals surface area contributed by atoms with Crippen molar-refractivity contribution < 1.29 is 0 Å². The predicted molar refractivity (Wildman–Crippen MR) is 77.0 cm³/mol. The van der Waals surface area contributed by atoms with Crippen LogP contribution in [-0.4, -0.2) is 18.1 Å². The van der Waals surface area contributed by atoms with Gasteiger partial charge in [0.25, 0.3) is 0 Å². The largest absolute Gasteiger partial charge is 0.316 e. The second-order valence-corrected chi connectivity index (χ2v) is 7.44. The molecule has 1 aromatic rings. The van der Waals surface area contributed by atoms with Crippen LogP contribution in [-0.2, 0) is 6.42 Å². The molecular weight excluding hydrogens is 240 g/mol. The zero-order chi connectivity index (χ0) is 12.6. The van der Waals surface area contributed by atoms with Crippen LogP contribution in [0.1, 0.15) is 43.3 Å². The minimum atomic E-state index is 0.517. The van der Waals surface area contributed by atoms with Crippen molar-refractivity contribution in [2.75, 3.05) is 13.1 Å². The highest BCUT2D eigenvalue weighted by Crippen LogP contribution is 2.60. The maximum atomic E-state index is 4.68. The van der Waals surface area contributed by atoms with Gasteiger partial charge in [-0.25, -0.2) is 4.98 Å². The van der Waals surface area contributed by atoms with Crippen LogP contribution < -0.4 is 5.32 Å². The summed E-state index contributed by atoms with van der Waals surface area (Å²) in [6, 6.07) is 0. The molecule has 0 spiro atoms. The molecule has 18 heavy (non-hydrogen) atoms.